The van der Waals surface area contributed by atoms with Gasteiger partial charge in [0.05, 0.1) is 11.4 Å². The van der Waals surface area contributed by atoms with Crippen LogP contribution in [0.1, 0.15) is 0 Å². The second-order valence-corrected chi connectivity index (χ2v) is 7.63. The molecule has 1 aromatic heterocycles. The number of nitrogens with two attached hydrogens (primary N) is 1. The number of ether oxygens (including phenoxy) is 3. The highest BCUT2D eigenvalue weighted by molar-refractivity contribution is 5.96. The number of para-hydroxylation sites is 2. The van der Waals surface area contributed by atoms with Gasteiger partial charge in [-0.15, -0.1) is 0 Å². The number of likely N-dealkylation sites (N-methyl/N-ethyl adjacent to an activating group) is 1. The molecular formula is C23H24FN5O4. The minimum absolute atomic E-state index is 0.0223. The van der Waals surface area contributed by atoms with Crippen molar-refractivity contribution in [3.8, 4) is 28.5 Å². The number of benzene rings is 2. The highest BCUT2D eigenvalue weighted by Crippen LogP contribution is 2.35. The molecule has 172 valence electrons. The fraction of sp³-hybridized carbons (Fsp3) is 0.261. The number of carbonyl (C=O) groups excluding carboxylic acids is 1. The summed E-state index contributed by atoms with van der Waals surface area (Å²) in [5.74, 6) is 0.253. The van der Waals surface area contributed by atoms with Crippen molar-refractivity contribution < 1.29 is 23.4 Å². The van der Waals surface area contributed by atoms with E-state index >= 15 is 4.39 Å². The largest absolute Gasteiger partial charge is 0.490 e. The number of fused-ring (bicyclic) bond motifs is 1. The smallest absolute Gasteiger partial charge is 0.269 e. The predicted octanol–water partition coefficient (Wildman–Crippen LogP) is 2.58. The molecule has 9 nitrogen and oxygen atoms in total. The maximum Gasteiger partial charge on any atom is 0.269 e. The van der Waals surface area contributed by atoms with Crippen molar-refractivity contribution in [2.45, 2.75) is 6.10 Å². The van der Waals surface area contributed by atoms with Gasteiger partial charge in [0, 0.05) is 24.4 Å². The lowest BCUT2D eigenvalue weighted by molar-refractivity contribution is -0.125. The summed E-state index contributed by atoms with van der Waals surface area (Å²) in [6.07, 6.45) is 0.538. The van der Waals surface area contributed by atoms with Gasteiger partial charge < -0.3 is 30.2 Å². The lowest BCUT2D eigenvalue weighted by Gasteiger charge is -2.26. The Balaban J connectivity index is 1.59. The minimum atomic E-state index is -0.904. The molecule has 1 aliphatic rings. The SMILES string of the molecule is CN(C)CCOc1cc(-c2ccnc(N)n2)c(F)cc1NC(=O)C1COc2ccccc2O1. The number of nitrogen functional groups attached to an aromatic ring is 1. The molecule has 3 aromatic rings. The summed E-state index contributed by atoms with van der Waals surface area (Å²) in [4.78, 5) is 22.7. The lowest BCUT2D eigenvalue weighted by Crippen LogP contribution is -2.40. The Labute approximate surface area is 190 Å². The summed E-state index contributed by atoms with van der Waals surface area (Å²) in [6, 6.07) is 11.3. The van der Waals surface area contributed by atoms with Crippen LogP contribution in [-0.2, 0) is 4.79 Å². The molecule has 0 saturated heterocycles. The fourth-order valence-electron chi connectivity index (χ4n) is 3.19. The van der Waals surface area contributed by atoms with Crippen LogP contribution in [0, 0.1) is 5.82 Å². The summed E-state index contributed by atoms with van der Waals surface area (Å²) in [7, 11) is 3.81. The number of carbonyl (C=O) groups is 1. The Kier molecular flexibility index (Phi) is 6.55. The van der Waals surface area contributed by atoms with Gasteiger partial charge in [0.2, 0.25) is 12.1 Å². The van der Waals surface area contributed by atoms with Crippen LogP contribution >= 0.6 is 0 Å². The first-order valence-corrected chi connectivity index (χ1v) is 10.3. The molecule has 0 radical (unpaired) electrons. The van der Waals surface area contributed by atoms with Crippen LogP contribution in [0.3, 0.4) is 0 Å². The minimum Gasteiger partial charge on any atom is -0.490 e. The van der Waals surface area contributed by atoms with Crippen LogP contribution in [0.5, 0.6) is 17.2 Å². The summed E-state index contributed by atoms with van der Waals surface area (Å²) in [5.41, 5.74) is 6.29. The molecule has 3 N–H and O–H groups in total. The van der Waals surface area contributed by atoms with Crippen LogP contribution in [0.4, 0.5) is 16.0 Å². The highest BCUT2D eigenvalue weighted by atomic mass is 19.1. The third-order valence-corrected chi connectivity index (χ3v) is 4.87. The Morgan fingerprint density at radius 3 is 2.82 bits per heavy atom. The van der Waals surface area contributed by atoms with Crippen LogP contribution in [-0.4, -0.2) is 60.7 Å². The standard InChI is InChI=1S/C23H24FN5O4/c1-29(2)9-10-31-20-11-14(16-7-8-26-23(25)28-16)15(24)12-17(20)27-22(30)21-13-32-18-5-3-4-6-19(18)33-21/h3-8,11-12,21H,9-10,13H2,1-2H3,(H,27,30)(H2,25,26,28). The highest BCUT2D eigenvalue weighted by Gasteiger charge is 2.28. The molecule has 2 heterocycles. The Morgan fingerprint density at radius 2 is 2.06 bits per heavy atom. The number of rotatable bonds is 7. The summed E-state index contributed by atoms with van der Waals surface area (Å²) >= 11 is 0. The molecule has 1 atom stereocenters. The van der Waals surface area contributed by atoms with Gasteiger partial charge in [-0.25, -0.2) is 14.4 Å². The van der Waals surface area contributed by atoms with Crippen LogP contribution in [0.15, 0.2) is 48.7 Å². The van der Waals surface area contributed by atoms with Gasteiger partial charge in [-0.1, -0.05) is 12.1 Å². The topological polar surface area (TPSA) is 112 Å². The van der Waals surface area contributed by atoms with E-state index in [2.05, 4.69) is 15.3 Å². The van der Waals surface area contributed by atoms with Gasteiger partial charge in [-0.2, -0.15) is 0 Å². The molecule has 2 aromatic carbocycles. The first kappa shape index (κ1) is 22.3. The number of amides is 1. The van der Waals surface area contributed by atoms with Crippen molar-refractivity contribution in [2.75, 3.05) is 44.9 Å². The Hall–Kier alpha value is -3.92. The van der Waals surface area contributed by atoms with Crippen molar-refractivity contribution in [2.24, 2.45) is 0 Å². The third-order valence-electron chi connectivity index (χ3n) is 4.87. The number of hydrogen-bond donors (Lipinski definition) is 2. The number of halogens is 1. The van der Waals surface area contributed by atoms with E-state index in [1.807, 2.05) is 25.1 Å². The number of nitrogens with zero attached hydrogens (tertiary/aromatic N) is 3. The molecule has 0 aliphatic carbocycles. The molecule has 33 heavy (non-hydrogen) atoms. The van der Waals surface area contributed by atoms with E-state index in [1.54, 1.807) is 24.3 Å². The van der Waals surface area contributed by atoms with Crippen LogP contribution in [0.25, 0.3) is 11.3 Å². The van der Waals surface area contributed by atoms with Gasteiger partial charge in [0.1, 0.15) is 24.8 Å². The van der Waals surface area contributed by atoms with Gasteiger partial charge in [-0.3, -0.25) is 4.79 Å². The third kappa shape index (κ3) is 5.29. The number of aromatic nitrogens is 2. The van der Waals surface area contributed by atoms with Crippen molar-refractivity contribution in [1.29, 1.82) is 0 Å². The van der Waals surface area contributed by atoms with E-state index in [9.17, 15) is 4.79 Å². The average molecular weight is 453 g/mol. The fourth-order valence-corrected chi connectivity index (χ4v) is 3.19. The summed E-state index contributed by atoms with van der Waals surface area (Å²) in [6.45, 7) is 0.973. The van der Waals surface area contributed by atoms with E-state index in [0.717, 1.165) is 0 Å². The first-order valence-electron chi connectivity index (χ1n) is 10.3. The van der Waals surface area contributed by atoms with Crippen LogP contribution in [0.2, 0.25) is 0 Å². The molecule has 4 rings (SSSR count). The zero-order chi connectivity index (χ0) is 23.4. The van der Waals surface area contributed by atoms with Crippen molar-refractivity contribution >= 4 is 17.5 Å². The Bertz CT molecular complexity index is 1160. The molecule has 0 saturated carbocycles. The summed E-state index contributed by atoms with van der Waals surface area (Å²) in [5, 5.41) is 2.70. The lowest BCUT2D eigenvalue weighted by atomic mass is 10.1. The van der Waals surface area contributed by atoms with E-state index in [4.69, 9.17) is 19.9 Å². The zero-order valence-corrected chi connectivity index (χ0v) is 18.2. The monoisotopic (exact) mass is 453 g/mol. The molecular weight excluding hydrogens is 429 g/mol. The predicted molar refractivity (Wildman–Crippen MR) is 121 cm³/mol. The molecule has 10 heteroatoms. The molecule has 1 aliphatic heterocycles. The second kappa shape index (κ2) is 9.70. The molecule has 1 amide bonds. The zero-order valence-electron chi connectivity index (χ0n) is 18.2. The normalized spacial score (nSPS) is 14.7. The van der Waals surface area contributed by atoms with E-state index in [0.29, 0.717) is 30.3 Å². The van der Waals surface area contributed by atoms with Crippen molar-refractivity contribution in [3.05, 3.63) is 54.5 Å². The van der Waals surface area contributed by atoms with Gasteiger partial charge >= 0.3 is 0 Å². The van der Waals surface area contributed by atoms with Crippen LogP contribution < -0.4 is 25.3 Å². The van der Waals surface area contributed by atoms with Gasteiger partial charge in [0.25, 0.3) is 5.91 Å². The quantitative estimate of drug-likeness (QED) is 0.562. The van der Waals surface area contributed by atoms with Crippen molar-refractivity contribution in [3.63, 3.8) is 0 Å². The average Bonchev–Trinajstić information content (AvgIpc) is 2.79. The number of hydrogen-bond acceptors (Lipinski definition) is 8. The van der Waals surface area contributed by atoms with E-state index < -0.39 is 17.8 Å². The number of nitrogens with one attached hydrogen (secondary N) is 1. The van der Waals surface area contributed by atoms with Crippen molar-refractivity contribution in [1.82, 2.24) is 14.9 Å². The maximum atomic E-state index is 15.0. The Morgan fingerprint density at radius 1 is 1.27 bits per heavy atom. The second-order valence-electron chi connectivity index (χ2n) is 7.63. The first-order chi connectivity index (χ1) is 15.9. The van der Waals surface area contributed by atoms with Gasteiger partial charge in [0.15, 0.2) is 11.5 Å². The molecule has 0 bridgehead atoms. The number of anilines is 2. The summed E-state index contributed by atoms with van der Waals surface area (Å²) < 4.78 is 32.2. The van der Waals surface area contributed by atoms with Gasteiger partial charge in [-0.05, 0) is 38.4 Å². The van der Waals surface area contributed by atoms with E-state index in [-0.39, 0.29) is 29.6 Å². The maximum absolute atomic E-state index is 15.0. The molecule has 0 spiro atoms. The molecule has 0 fully saturated rings. The van der Waals surface area contributed by atoms with E-state index in [1.165, 1.54) is 18.3 Å². The molecule has 1 unspecified atom stereocenters.